The third-order valence-electron chi connectivity index (χ3n) is 3.27. The molecule has 1 N–H and O–H groups in total. The molecule has 0 fully saturated rings. The summed E-state index contributed by atoms with van der Waals surface area (Å²) in [4.78, 5) is 0. The Morgan fingerprint density at radius 2 is 2.17 bits per heavy atom. The third kappa shape index (κ3) is 2.79. The summed E-state index contributed by atoms with van der Waals surface area (Å²) in [6, 6.07) is 2.05. The Balaban J connectivity index is 1.97. The fraction of sp³-hybridized carbons (Fsp3) is 0.538. The van der Waals surface area contributed by atoms with Gasteiger partial charge >= 0.3 is 0 Å². The van der Waals surface area contributed by atoms with E-state index in [-0.39, 0.29) is 0 Å². The number of aryl methyl sites for hydroxylation is 3. The van der Waals surface area contributed by atoms with Crippen LogP contribution in [-0.4, -0.2) is 26.1 Å². The Morgan fingerprint density at radius 1 is 1.33 bits per heavy atom. The summed E-state index contributed by atoms with van der Waals surface area (Å²) in [5.41, 5.74) is 3.76. The summed E-state index contributed by atoms with van der Waals surface area (Å²) in [5, 5.41) is 11.9. The first kappa shape index (κ1) is 12.8. The van der Waals surface area contributed by atoms with Crippen LogP contribution in [0.1, 0.15) is 23.9 Å². The van der Waals surface area contributed by atoms with Crippen LogP contribution in [0.3, 0.4) is 0 Å². The molecule has 0 unspecified atom stereocenters. The average Bonchev–Trinajstić information content (AvgIpc) is 2.92. The van der Waals surface area contributed by atoms with Gasteiger partial charge in [0.1, 0.15) is 0 Å². The van der Waals surface area contributed by atoms with Crippen LogP contribution in [0.2, 0.25) is 0 Å². The van der Waals surface area contributed by atoms with Crippen molar-refractivity contribution in [3.05, 3.63) is 35.4 Å². The van der Waals surface area contributed by atoms with Crippen LogP contribution in [0, 0.1) is 6.92 Å². The first-order valence-electron chi connectivity index (χ1n) is 6.41. The lowest BCUT2D eigenvalue weighted by molar-refractivity contribution is 0.572. The van der Waals surface area contributed by atoms with Crippen LogP contribution in [0.5, 0.6) is 0 Å². The van der Waals surface area contributed by atoms with Gasteiger partial charge in [0.15, 0.2) is 0 Å². The topological polar surface area (TPSA) is 47.7 Å². The molecule has 0 radical (unpaired) electrons. The van der Waals surface area contributed by atoms with Gasteiger partial charge in [-0.05, 0) is 19.5 Å². The third-order valence-corrected chi connectivity index (χ3v) is 3.27. The summed E-state index contributed by atoms with van der Waals surface area (Å²) in [7, 11) is 1.97. The van der Waals surface area contributed by atoms with Gasteiger partial charge in [-0.25, -0.2) is 0 Å². The Bertz CT molecular complexity index is 497. The van der Waals surface area contributed by atoms with Crippen molar-refractivity contribution in [1.29, 1.82) is 0 Å². The standard InChI is InChI=1S/C13H21N5/c1-4-14-9-12-10-16-18(11(12)2)8-6-13-5-7-15-17(13)3/h5,7,10,14H,4,6,8-9H2,1-3H3. The minimum absolute atomic E-state index is 0.897. The predicted molar refractivity (Wildman–Crippen MR) is 71.3 cm³/mol. The molecule has 98 valence electrons. The van der Waals surface area contributed by atoms with Crippen molar-refractivity contribution in [2.75, 3.05) is 6.54 Å². The average molecular weight is 247 g/mol. The maximum absolute atomic E-state index is 4.44. The van der Waals surface area contributed by atoms with Crippen LogP contribution >= 0.6 is 0 Å². The van der Waals surface area contributed by atoms with Crippen molar-refractivity contribution in [2.24, 2.45) is 7.05 Å². The van der Waals surface area contributed by atoms with Crippen molar-refractivity contribution >= 4 is 0 Å². The summed E-state index contributed by atoms with van der Waals surface area (Å²) in [6.07, 6.45) is 4.75. The number of nitrogens with one attached hydrogen (secondary N) is 1. The quantitative estimate of drug-likeness (QED) is 0.836. The maximum atomic E-state index is 4.44. The molecule has 0 amide bonds. The molecule has 2 heterocycles. The summed E-state index contributed by atoms with van der Waals surface area (Å²) >= 11 is 0. The summed E-state index contributed by atoms with van der Waals surface area (Å²) < 4.78 is 3.98. The highest BCUT2D eigenvalue weighted by Gasteiger charge is 2.06. The van der Waals surface area contributed by atoms with E-state index in [9.17, 15) is 0 Å². The summed E-state index contributed by atoms with van der Waals surface area (Å²) in [6.45, 7) is 7.02. The largest absolute Gasteiger partial charge is 0.313 e. The first-order valence-corrected chi connectivity index (χ1v) is 6.41. The van der Waals surface area contributed by atoms with Gasteiger partial charge < -0.3 is 5.32 Å². The second kappa shape index (κ2) is 5.82. The number of nitrogens with zero attached hydrogens (tertiary/aromatic N) is 4. The molecule has 0 saturated carbocycles. The molecule has 5 heteroatoms. The highest BCUT2D eigenvalue weighted by Crippen LogP contribution is 2.08. The lowest BCUT2D eigenvalue weighted by Crippen LogP contribution is -2.13. The van der Waals surface area contributed by atoms with Crippen LogP contribution in [-0.2, 0) is 26.6 Å². The molecular weight excluding hydrogens is 226 g/mol. The van der Waals surface area contributed by atoms with E-state index in [0.29, 0.717) is 0 Å². The van der Waals surface area contributed by atoms with Gasteiger partial charge in [0.2, 0.25) is 0 Å². The molecule has 2 rings (SSSR count). The van der Waals surface area contributed by atoms with E-state index in [1.54, 1.807) is 0 Å². The number of rotatable bonds is 6. The molecule has 0 spiro atoms. The molecule has 0 aromatic carbocycles. The Labute approximate surface area is 108 Å². The van der Waals surface area contributed by atoms with Crippen LogP contribution in [0.15, 0.2) is 18.5 Å². The van der Waals surface area contributed by atoms with E-state index in [2.05, 4.69) is 40.1 Å². The smallest absolute Gasteiger partial charge is 0.0537 e. The van der Waals surface area contributed by atoms with Crippen molar-refractivity contribution in [3.8, 4) is 0 Å². The molecular formula is C13H21N5. The molecule has 18 heavy (non-hydrogen) atoms. The normalized spacial score (nSPS) is 11.1. The fourth-order valence-electron chi connectivity index (χ4n) is 2.01. The first-order chi connectivity index (χ1) is 8.72. The monoisotopic (exact) mass is 247 g/mol. The molecule has 2 aromatic heterocycles. The van der Waals surface area contributed by atoms with Gasteiger partial charge in [0, 0.05) is 49.7 Å². The molecule has 0 bridgehead atoms. The van der Waals surface area contributed by atoms with E-state index in [0.717, 1.165) is 26.1 Å². The van der Waals surface area contributed by atoms with Crippen LogP contribution in [0.25, 0.3) is 0 Å². The van der Waals surface area contributed by atoms with Gasteiger partial charge in [0.05, 0.1) is 6.20 Å². The van der Waals surface area contributed by atoms with E-state index in [4.69, 9.17) is 0 Å². The predicted octanol–water partition coefficient (Wildman–Crippen LogP) is 1.28. The Kier molecular flexibility index (Phi) is 4.15. The molecule has 0 aliphatic rings. The van der Waals surface area contributed by atoms with Crippen molar-refractivity contribution < 1.29 is 0 Å². The van der Waals surface area contributed by atoms with Crippen molar-refractivity contribution in [1.82, 2.24) is 24.9 Å². The van der Waals surface area contributed by atoms with Gasteiger partial charge in [-0.3, -0.25) is 9.36 Å². The highest BCUT2D eigenvalue weighted by molar-refractivity contribution is 5.16. The zero-order chi connectivity index (χ0) is 13.0. The number of aromatic nitrogens is 4. The van der Waals surface area contributed by atoms with Crippen molar-refractivity contribution in [2.45, 2.75) is 33.4 Å². The molecule has 0 atom stereocenters. The van der Waals surface area contributed by atoms with Gasteiger partial charge in [-0.15, -0.1) is 0 Å². The Hall–Kier alpha value is -1.62. The second-order valence-corrected chi connectivity index (χ2v) is 4.45. The highest BCUT2D eigenvalue weighted by atomic mass is 15.3. The van der Waals surface area contributed by atoms with E-state index >= 15 is 0 Å². The van der Waals surface area contributed by atoms with E-state index in [1.165, 1.54) is 17.0 Å². The minimum Gasteiger partial charge on any atom is -0.313 e. The maximum Gasteiger partial charge on any atom is 0.0537 e. The fourth-order valence-corrected chi connectivity index (χ4v) is 2.01. The number of hydrogen-bond acceptors (Lipinski definition) is 3. The van der Waals surface area contributed by atoms with Crippen LogP contribution in [0.4, 0.5) is 0 Å². The summed E-state index contributed by atoms with van der Waals surface area (Å²) in [5.74, 6) is 0. The van der Waals surface area contributed by atoms with Crippen molar-refractivity contribution in [3.63, 3.8) is 0 Å². The number of hydrogen-bond donors (Lipinski definition) is 1. The molecule has 0 aliphatic carbocycles. The second-order valence-electron chi connectivity index (χ2n) is 4.45. The Morgan fingerprint density at radius 3 is 2.83 bits per heavy atom. The zero-order valence-corrected chi connectivity index (χ0v) is 11.3. The molecule has 5 nitrogen and oxygen atoms in total. The lowest BCUT2D eigenvalue weighted by Gasteiger charge is -2.06. The molecule has 0 saturated heterocycles. The molecule has 2 aromatic rings. The zero-order valence-electron chi connectivity index (χ0n) is 11.3. The minimum atomic E-state index is 0.897. The van der Waals surface area contributed by atoms with Gasteiger partial charge in [-0.1, -0.05) is 6.92 Å². The molecule has 0 aliphatic heterocycles. The van der Waals surface area contributed by atoms with E-state index < -0.39 is 0 Å². The lowest BCUT2D eigenvalue weighted by atomic mass is 10.2. The van der Waals surface area contributed by atoms with Gasteiger partial charge in [-0.2, -0.15) is 10.2 Å². The SMILES string of the molecule is CCNCc1cnn(CCc2ccnn2C)c1C. The van der Waals surface area contributed by atoms with Gasteiger partial charge in [0.25, 0.3) is 0 Å². The van der Waals surface area contributed by atoms with Crippen LogP contribution < -0.4 is 5.32 Å². The van der Waals surface area contributed by atoms with E-state index in [1.807, 2.05) is 24.1 Å².